The van der Waals surface area contributed by atoms with E-state index in [0.717, 1.165) is 29.3 Å². The Labute approximate surface area is 108 Å². The van der Waals surface area contributed by atoms with Crippen LogP contribution >= 0.6 is 0 Å². The number of benzene rings is 1. The minimum absolute atomic E-state index is 0.750. The van der Waals surface area contributed by atoms with E-state index >= 15 is 0 Å². The molecule has 0 saturated carbocycles. The molecule has 2 aromatic rings. The second-order valence-corrected chi connectivity index (χ2v) is 4.31. The first-order chi connectivity index (χ1) is 8.69. The van der Waals surface area contributed by atoms with E-state index in [2.05, 4.69) is 30.2 Å². The Bertz CT molecular complexity index is 538. The lowest BCUT2D eigenvalue weighted by atomic mass is 10.1. The molecule has 0 radical (unpaired) electrons. The number of ether oxygens (including phenoxy) is 1. The van der Waals surface area contributed by atoms with E-state index in [9.17, 15) is 0 Å². The Kier molecular flexibility index (Phi) is 3.82. The van der Waals surface area contributed by atoms with Crippen molar-refractivity contribution < 1.29 is 4.74 Å². The van der Waals surface area contributed by atoms with Gasteiger partial charge in [-0.05, 0) is 32.4 Å². The van der Waals surface area contributed by atoms with Crippen LogP contribution in [0.25, 0.3) is 0 Å². The maximum atomic E-state index is 5.85. The summed E-state index contributed by atoms with van der Waals surface area (Å²) in [4.78, 5) is 4.16. The molecule has 0 atom stereocenters. The second kappa shape index (κ2) is 5.54. The third-order valence-electron chi connectivity index (χ3n) is 2.65. The van der Waals surface area contributed by atoms with Crippen LogP contribution in [0.5, 0.6) is 11.5 Å². The highest BCUT2D eigenvalue weighted by atomic mass is 16.5. The van der Waals surface area contributed by atoms with Crippen molar-refractivity contribution >= 4 is 5.69 Å². The van der Waals surface area contributed by atoms with Gasteiger partial charge in [0.2, 0.25) is 0 Å². The Hall–Kier alpha value is -2.03. The number of hydrogen-bond acceptors (Lipinski definition) is 3. The minimum atomic E-state index is 0.750. The number of nitrogens with zero attached hydrogens (tertiary/aromatic N) is 1. The van der Waals surface area contributed by atoms with Crippen molar-refractivity contribution in [2.24, 2.45) is 0 Å². The number of nitrogens with one attached hydrogen (secondary N) is 1. The molecule has 0 aliphatic rings. The molecule has 0 aliphatic carbocycles. The highest BCUT2D eigenvalue weighted by Gasteiger charge is 2.02. The van der Waals surface area contributed by atoms with Gasteiger partial charge in [-0.25, -0.2) is 0 Å². The van der Waals surface area contributed by atoms with Gasteiger partial charge >= 0.3 is 0 Å². The number of rotatable bonds is 4. The molecule has 0 saturated heterocycles. The number of aryl methyl sites for hydroxylation is 2. The zero-order valence-corrected chi connectivity index (χ0v) is 11.0. The molecule has 1 N–H and O–H groups in total. The van der Waals surface area contributed by atoms with Gasteiger partial charge in [-0.15, -0.1) is 0 Å². The van der Waals surface area contributed by atoms with Gasteiger partial charge in [-0.2, -0.15) is 0 Å². The second-order valence-electron chi connectivity index (χ2n) is 4.31. The summed E-state index contributed by atoms with van der Waals surface area (Å²) >= 11 is 0. The summed E-state index contributed by atoms with van der Waals surface area (Å²) < 4.78 is 5.85. The van der Waals surface area contributed by atoms with Crippen molar-refractivity contribution in [1.82, 2.24) is 4.98 Å². The molecular formula is C15H18N2O. The molecule has 0 unspecified atom stereocenters. The fourth-order valence-corrected chi connectivity index (χ4v) is 1.82. The Morgan fingerprint density at radius 2 is 2.00 bits per heavy atom. The van der Waals surface area contributed by atoms with Crippen LogP contribution in [0.1, 0.15) is 18.1 Å². The first-order valence-corrected chi connectivity index (χ1v) is 6.13. The predicted octanol–water partition coefficient (Wildman–Crippen LogP) is 3.92. The van der Waals surface area contributed by atoms with Gasteiger partial charge in [0.25, 0.3) is 0 Å². The maximum Gasteiger partial charge on any atom is 0.147 e. The molecule has 0 amide bonds. The highest BCUT2D eigenvalue weighted by Crippen LogP contribution is 2.26. The summed E-state index contributed by atoms with van der Waals surface area (Å²) in [6.45, 7) is 7.04. The van der Waals surface area contributed by atoms with Gasteiger partial charge in [0.05, 0.1) is 18.1 Å². The van der Waals surface area contributed by atoms with Crippen molar-refractivity contribution in [3.8, 4) is 11.5 Å². The first-order valence-electron chi connectivity index (χ1n) is 6.13. The van der Waals surface area contributed by atoms with Crippen molar-refractivity contribution in [2.75, 3.05) is 11.9 Å². The summed E-state index contributed by atoms with van der Waals surface area (Å²) in [7, 11) is 0. The van der Waals surface area contributed by atoms with Crippen molar-refractivity contribution in [1.29, 1.82) is 0 Å². The molecule has 1 heterocycles. The molecule has 3 heteroatoms. The molecule has 94 valence electrons. The van der Waals surface area contributed by atoms with Gasteiger partial charge in [0.1, 0.15) is 11.5 Å². The van der Waals surface area contributed by atoms with Crippen molar-refractivity contribution in [2.45, 2.75) is 20.8 Å². The van der Waals surface area contributed by atoms with Gasteiger partial charge in [-0.3, -0.25) is 4.98 Å². The van der Waals surface area contributed by atoms with Crippen LogP contribution in [0, 0.1) is 13.8 Å². The van der Waals surface area contributed by atoms with Gasteiger partial charge in [0.15, 0.2) is 0 Å². The Balaban J connectivity index is 2.20. The van der Waals surface area contributed by atoms with E-state index in [0.29, 0.717) is 0 Å². The van der Waals surface area contributed by atoms with Gasteiger partial charge < -0.3 is 10.1 Å². The fraction of sp³-hybridized carbons (Fsp3) is 0.267. The summed E-state index contributed by atoms with van der Waals surface area (Å²) in [5.74, 6) is 1.62. The van der Waals surface area contributed by atoms with Crippen molar-refractivity contribution in [3.63, 3.8) is 0 Å². The monoisotopic (exact) mass is 242 g/mol. The van der Waals surface area contributed by atoms with Gasteiger partial charge in [0, 0.05) is 12.6 Å². The molecule has 18 heavy (non-hydrogen) atoms. The van der Waals surface area contributed by atoms with Crippen LogP contribution in [-0.4, -0.2) is 11.5 Å². The topological polar surface area (TPSA) is 34.2 Å². The van der Waals surface area contributed by atoms with Crippen molar-refractivity contribution in [3.05, 3.63) is 47.8 Å². The first kappa shape index (κ1) is 12.4. The molecule has 0 aliphatic heterocycles. The molecule has 3 nitrogen and oxygen atoms in total. The third kappa shape index (κ3) is 3.00. The third-order valence-corrected chi connectivity index (χ3v) is 2.65. The summed E-state index contributed by atoms with van der Waals surface area (Å²) in [5.41, 5.74) is 3.34. The van der Waals surface area contributed by atoms with E-state index in [1.807, 2.05) is 25.1 Å². The van der Waals surface area contributed by atoms with E-state index in [-0.39, 0.29) is 0 Å². The molecule has 2 rings (SSSR count). The zero-order valence-electron chi connectivity index (χ0n) is 11.0. The van der Waals surface area contributed by atoms with Crippen LogP contribution in [0.15, 0.2) is 36.7 Å². The molecule has 0 spiro atoms. The van der Waals surface area contributed by atoms with Gasteiger partial charge in [-0.1, -0.05) is 17.7 Å². The number of anilines is 1. The average Bonchev–Trinajstić information content (AvgIpc) is 2.34. The summed E-state index contributed by atoms with van der Waals surface area (Å²) in [6, 6.07) is 8.10. The molecule has 1 aromatic carbocycles. The summed E-state index contributed by atoms with van der Waals surface area (Å²) in [6.07, 6.45) is 3.51. The van der Waals surface area contributed by atoms with E-state index in [1.165, 1.54) is 5.56 Å². The van der Waals surface area contributed by atoms with E-state index in [4.69, 9.17) is 4.74 Å². The number of hydrogen-bond donors (Lipinski definition) is 1. The van der Waals surface area contributed by atoms with Crippen LogP contribution in [0.2, 0.25) is 0 Å². The largest absolute Gasteiger partial charge is 0.455 e. The lowest BCUT2D eigenvalue weighted by Crippen LogP contribution is -1.97. The zero-order chi connectivity index (χ0) is 13.0. The fourth-order valence-electron chi connectivity index (χ4n) is 1.82. The van der Waals surface area contributed by atoms with E-state index in [1.54, 1.807) is 12.4 Å². The molecule has 0 fully saturated rings. The highest BCUT2D eigenvalue weighted by molar-refractivity contribution is 5.47. The van der Waals surface area contributed by atoms with Crippen LogP contribution < -0.4 is 10.1 Å². The lowest BCUT2D eigenvalue weighted by Gasteiger charge is -2.10. The maximum absolute atomic E-state index is 5.85. The van der Waals surface area contributed by atoms with Crippen LogP contribution in [0.4, 0.5) is 5.69 Å². The van der Waals surface area contributed by atoms with E-state index < -0.39 is 0 Å². The summed E-state index contributed by atoms with van der Waals surface area (Å²) in [5, 5.41) is 3.21. The SMILES string of the molecule is CCNc1cncc(Oc2ccc(C)cc2C)c1. The smallest absolute Gasteiger partial charge is 0.147 e. The number of pyridine rings is 1. The molecule has 1 aromatic heterocycles. The normalized spacial score (nSPS) is 10.2. The van der Waals surface area contributed by atoms with Crippen LogP contribution in [0.3, 0.4) is 0 Å². The average molecular weight is 242 g/mol. The van der Waals surface area contributed by atoms with Crippen LogP contribution in [-0.2, 0) is 0 Å². The molecular weight excluding hydrogens is 224 g/mol. The predicted molar refractivity (Wildman–Crippen MR) is 74.4 cm³/mol. The molecule has 0 bridgehead atoms. The number of aromatic nitrogens is 1. The quantitative estimate of drug-likeness (QED) is 0.882. The lowest BCUT2D eigenvalue weighted by molar-refractivity contribution is 0.476. The Morgan fingerprint density at radius 3 is 2.72 bits per heavy atom. The Morgan fingerprint density at radius 1 is 1.17 bits per heavy atom. The standard InChI is InChI=1S/C15H18N2O/c1-4-17-13-8-14(10-16-9-13)18-15-6-5-11(2)7-12(15)3/h5-10,17H,4H2,1-3H3. The minimum Gasteiger partial charge on any atom is -0.455 e.